The lowest BCUT2D eigenvalue weighted by Crippen LogP contribution is -2.14. The van der Waals surface area contributed by atoms with Crippen molar-refractivity contribution in [3.05, 3.63) is 83.1 Å². The van der Waals surface area contributed by atoms with E-state index in [0.717, 1.165) is 29.8 Å². The van der Waals surface area contributed by atoms with Gasteiger partial charge in [-0.15, -0.1) is 5.11 Å². The van der Waals surface area contributed by atoms with Crippen LogP contribution in [0.2, 0.25) is 0 Å². The van der Waals surface area contributed by atoms with Crippen molar-refractivity contribution in [2.75, 3.05) is 5.32 Å². The molecule has 1 aliphatic heterocycles. The zero-order valence-electron chi connectivity index (χ0n) is 17.7. The number of aromatic amines is 1. The third-order valence-corrected chi connectivity index (χ3v) is 5.66. The summed E-state index contributed by atoms with van der Waals surface area (Å²) in [6.07, 6.45) is -2.13. The number of para-hydroxylation sites is 1. The Labute approximate surface area is 183 Å². The highest BCUT2D eigenvalue weighted by Gasteiger charge is 2.36. The number of nitrogens with zero attached hydrogens (tertiary/aromatic N) is 2. The van der Waals surface area contributed by atoms with Crippen molar-refractivity contribution in [3.63, 3.8) is 0 Å². The molecule has 3 N–H and O–H groups in total. The Morgan fingerprint density at radius 1 is 1.19 bits per heavy atom. The molecule has 0 saturated heterocycles. The third-order valence-electron chi connectivity index (χ3n) is 5.66. The molecule has 166 valence electrons. The second-order valence-electron chi connectivity index (χ2n) is 7.82. The highest BCUT2D eigenvalue weighted by Crippen LogP contribution is 2.46. The van der Waals surface area contributed by atoms with Gasteiger partial charge in [0.05, 0.1) is 17.6 Å². The van der Waals surface area contributed by atoms with Crippen LogP contribution in [0.5, 0.6) is 5.75 Å². The molecule has 0 fully saturated rings. The van der Waals surface area contributed by atoms with Gasteiger partial charge in [-0.3, -0.25) is 0 Å². The Bertz CT molecular complexity index is 1200. The number of aromatic nitrogens is 1. The van der Waals surface area contributed by atoms with E-state index in [2.05, 4.69) is 27.1 Å². The number of hydrogen-bond donors (Lipinski definition) is 3. The van der Waals surface area contributed by atoms with Crippen LogP contribution in [0.25, 0.3) is 5.57 Å². The molecule has 8 heteroatoms. The van der Waals surface area contributed by atoms with Crippen LogP contribution < -0.4 is 5.32 Å². The van der Waals surface area contributed by atoms with Crippen LogP contribution in [0.4, 0.5) is 24.7 Å². The second kappa shape index (κ2) is 8.18. The number of benzene rings is 2. The standard InChI is InChI=1S/C24H23F3N4O/c1-4-13(2)30-31-23-21-14(3)16-7-5-6-8-19(16)29-22(17(21)12-28-23)15-9-10-20(32)18(11-15)24(25,26)27/h5-13,22,28-29,32H,3-4H2,1-2H3. The van der Waals surface area contributed by atoms with E-state index in [1.165, 1.54) is 6.07 Å². The molecule has 0 amide bonds. The molecule has 1 aromatic heterocycles. The monoisotopic (exact) mass is 440 g/mol. The Morgan fingerprint density at radius 2 is 1.94 bits per heavy atom. The molecule has 0 saturated carbocycles. The summed E-state index contributed by atoms with van der Waals surface area (Å²) in [6.45, 7) is 8.22. The molecule has 3 aromatic rings. The van der Waals surface area contributed by atoms with Gasteiger partial charge in [-0.1, -0.05) is 37.8 Å². The number of phenols is 1. The first-order valence-electron chi connectivity index (χ1n) is 10.3. The van der Waals surface area contributed by atoms with E-state index in [-0.39, 0.29) is 6.04 Å². The molecule has 4 rings (SSSR count). The number of halogens is 3. The quantitative estimate of drug-likeness (QED) is 0.376. The van der Waals surface area contributed by atoms with Crippen molar-refractivity contribution >= 4 is 17.1 Å². The van der Waals surface area contributed by atoms with Crippen molar-refractivity contribution < 1.29 is 18.3 Å². The van der Waals surface area contributed by atoms with E-state index in [1.54, 1.807) is 6.20 Å². The van der Waals surface area contributed by atoms with Gasteiger partial charge in [0, 0.05) is 28.6 Å². The summed E-state index contributed by atoms with van der Waals surface area (Å²) in [6, 6.07) is 10.4. The lowest BCUT2D eigenvalue weighted by atomic mass is 9.93. The predicted molar refractivity (Wildman–Crippen MR) is 118 cm³/mol. The fraction of sp³-hybridized carbons (Fsp3) is 0.250. The molecule has 0 aliphatic carbocycles. The summed E-state index contributed by atoms with van der Waals surface area (Å²) >= 11 is 0. The van der Waals surface area contributed by atoms with Crippen LogP contribution in [0.1, 0.15) is 54.1 Å². The number of alkyl halides is 3. The van der Waals surface area contributed by atoms with Gasteiger partial charge in [-0.25, -0.2) is 0 Å². The number of phenolic OH excluding ortho intramolecular Hbond substituents is 1. The molecule has 2 unspecified atom stereocenters. The number of anilines is 1. The first-order valence-corrected chi connectivity index (χ1v) is 10.3. The Balaban J connectivity index is 1.91. The Morgan fingerprint density at radius 3 is 2.66 bits per heavy atom. The third kappa shape index (κ3) is 3.88. The van der Waals surface area contributed by atoms with Crippen LogP contribution in [0.15, 0.2) is 65.5 Å². The van der Waals surface area contributed by atoms with E-state index in [0.29, 0.717) is 28.1 Å². The molecule has 2 aromatic carbocycles. The van der Waals surface area contributed by atoms with Gasteiger partial charge < -0.3 is 15.4 Å². The fourth-order valence-electron chi connectivity index (χ4n) is 3.75. The first kappa shape index (κ1) is 21.7. The highest BCUT2D eigenvalue weighted by molar-refractivity contribution is 5.92. The van der Waals surface area contributed by atoms with E-state index >= 15 is 0 Å². The average molecular weight is 440 g/mol. The predicted octanol–water partition coefficient (Wildman–Crippen LogP) is 7.20. The SMILES string of the molecule is C=C1c2ccccc2NC(c2ccc(O)c(C(F)(F)F)c2)c2c[nH]c(N=NC(C)CC)c21. The van der Waals surface area contributed by atoms with E-state index in [1.807, 2.05) is 38.1 Å². The number of fused-ring (bicyclic) bond motifs is 2. The maximum absolute atomic E-state index is 13.5. The number of H-pyrrole nitrogens is 1. The maximum atomic E-state index is 13.5. The number of hydrogen-bond acceptors (Lipinski definition) is 4. The molecular weight excluding hydrogens is 417 g/mol. The van der Waals surface area contributed by atoms with Crippen LogP contribution >= 0.6 is 0 Å². The van der Waals surface area contributed by atoms with Crippen molar-refractivity contribution in [2.24, 2.45) is 10.2 Å². The van der Waals surface area contributed by atoms with Crippen LogP contribution in [0, 0.1) is 0 Å². The number of nitrogens with one attached hydrogen (secondary N) is 2. The van der Waals surface area contributed by atoms with E-state index < -0.39 is 23.5 Å². The molecule has 5 nitrogen and oxygen atoms in total. The van der Waals surface area contributed by atoms with Gasteiger partial charge in [0.1, 0.15) is 5.75 Å². The summed E-state index contributed by atoms with van der Waals surface area (Å²) in [5.41, 5.74) is 2.92. The number of aromatic hydroxyl groups is 1. The highest BCUT2D eigenvalue weighted by atomic mass is 19.4. The van der Waals surface area contributed by atoms with Gasteiger partial charge in [-0.2, -0.15) is 18.3 Å². The van der Waals surface area contributed by atoms with Gasteiger partial charge in [0.2, 0.25) is 0 Å². The number of azo groups is 1. The van der Waals surface area contributed by atoms with Gasteiger partial charge in [0.15, 0.2) is 5.82 Å². The van der Waals surface area contributed by atoms with Gasteiger partial charge in [0.25, 0.3) is 0 Å². The van der Waals surface area contributed by atoms with E-state index in [9.17, 15) is 18.3 Å². The minimum absolute atomic E-state index is 0.0284. The summed E-state index contributed by atoms with van der Waals surface area (Å²) in [7, 11) is 0. The van der Waals surface area contributed by atoms with E-state index in [4.69, 9.17) is 0 Å². The summed E-state index contributed by atoms with van der Waals surface area (Å²) in [5.74, 6) is -0.305. The molecule has 2 heterocycles. The van der Waals surface area contributed by atoms with Crippen molar-refractivity contribution in [1.82, 2.24) is 4.98 Å². The second-order valence-corrected chi connectivity index (χ2v) is 7.82. The van der Waals surface area contributed by atoms with Gasteiger partial charge >= 0.3 is 6.18 Å². The zero-order chi connectivity index (χ0) is 23.0. The lowest BCUT2D eigenvalue weighted by molar-refractivity contribution is -0.138. The normalized spacial score (nSPS) is 16.9. The fourth-order valence-corrected chi connectivity index (χ4v) is 3.75. The van der Waals surface area contributed by atoms with Crippen LogP contribution in [0.3, 0.4) is 0 Å². The molecule has 1 aliphatic rings. The number of rotatable bonds is 4. The smallest absolute Gasteiger partial charge is 0.419 e. The Hall–Kier alpha value is -3.55. The zero-order valence-corrected chi connectivity index (χ0v) is 17.7. The summed E-state index contributed by atoms with van der Waals surface area (Å²) < 4.78 is 40.4. The molecular formula is C24H23F3N4O. The molecule has 0 spiro atoms. The topological polar surface area (TPSA) is 72.8 Å². The minimum Gasteiger partial charge on any atom is -0.507 e. The minimum atomic E-state index is -4.68. The molecule has 0 bridgehead atoms. The molecule has 2 atom stereocenters. The molecule has 32 heavy (non-hydrogen) atoms. The summed E-state index contributed by atoms with van der Waals surface area (Å²) in [4.78, 5) is 3.11. The van der Waals surface area contributed by atoms with Crippen molar-refractivity contribution in [3.8, 4) is 5.75 Å². The van der Waals surface area contributed by atoms with Crippen molar-refractivity contribution in [2.45, 2.75) is 38.5 Å². The van der Waals surface area contributed by atoms with Crippen molar-refractivity contribution in [1.29, 1.82) is 0 Å². The van der Waals surface area contributed by atoms with Gasteiger partial charge in [-0.05, 0) is 42.7 Å². The largest absolute Gasteiger partial charge is 0.507 e. The average Bonchev–Trinajstić information content (AvgIpc) is 3.13. The lowest BCUT2D eigenvalue weighted by Gasteiger charge is -2.21. The van der Waals surface area contributed by atoms with Crippen LogP contribution in [-0.4, -0.2) is 16.1 Å². The summed E-state index contributed by atoms with van der Waals surface area (Å²) in [5, 5.41) is 21.8. The molecule has 0 radical (unpaired) electrons. The van der Waals surface area contributed by atoms with Crippen LogP contribution in [-0.2, 0) is 6.18 Å². The first-order chi connectivity index (χ1) is 15.2. The Kier molecular flexibility index (Phi) is 5.54. The maximum Gasteiger partial charge on any atom is 0.419 e.